The van der Waals surface area contributed by atoms with Crippen LogP contribution in [0.15, 0.2) is 18.2 Å². The Bertz CT molecular complexity index is 418. The van der Waals surface area contributed by atoms with E-state index in [0.29, 0.717) is 18.5 Å². The number of rotatable bonds is 2. The van der Waals surface area contributed by atoms with Crippen molar-refractivity contribution in [3.05, 3.63) is 29.0 Å². The lowest BCUT2D eigenvalue weighted by Gasteiger charge is -2.11. The maximum atomic E-state index is 12.7. The van der Waals surface area contributed by atoms with Crippen molar-refractivity contribution in [3.8, 4) is 0 Å². The van der Waals surface area contributed by atoms with Crippen LogP contribution in [0.4, 0.5) is 10.1 Å². The Kier molecular flexibility index (Phi) is 2.40. The Morgan fingerprint density at radius 1 is 1.53 bits per heavy atom. The van der Waals surface area contributed by atoms with Gasteiger partial charge < -0.3 is 11.1 Å². The van der Waals surface area contributed by atoms with Gasteiger partial charge in [-0.3, -0.25) is 4.79 Å². The maximum absolute atomic E-state index is 12.7. The summed E-state index contributed by atoms with van der Waals surface area (Å²) in [5.41, 5.74) is 5.33. The van der Waals surface area contributed by atoms with Gasteiger partial charge in [0.2, 0.25) is 5.91 Å². The first-order valence-electron chi connectivity index (χ1n) is 4.57. The summed E-state index contributed by atoms with van der Waals surface area (Å²) in [6.45, 7) is 0. The van der Waals surface area contributed by atoms with Gasteiger partial charge in [-0.1, -0.05) is 11.6 Å². The van der Waals surface area contributed by atoms with E-state index in [0.717, 1.165) is 6.07 Å². The molecule has 2 rings (SSSR count). The molecule has 5 heteroatoms. The van der Waals surface area contributed by atoms with Crippen LogP contribution in [-0.2, 0) is 4.79 Å². The van der Waals surface area contributed by atoms with Gasteiger partial charge in [-0.2, -0.15) is 0 Å². The van der Waals surface area contributed by atoms with Crippen molar-refractivity contribution in [2.45, 2.75) is 18.4 Å². The van der Waals surface area contributed by atoms with Crippen LogP contribution >= 0.6 is 11.6 Å². The van der Waals surface area contributed by atoms with Gasteiger partial charge in [-0.15, -0.1) is 0 Å². The van der Waals surface area contributed by atoms with Gasteiger partial charge in [0, 0.05) is 0 Å². The lowest BCUT2D eigenvalue weighted by atomic mass is 10.2. The van der Waals surface area contributed by atoms with Crippen LogP contribution in [-0.4, -0.2) is 11.4 Å². The summed E-state index contributed by atoms with van der Waals surface area (Å²) in [6.07, 6.45) is 1.36. The predicted molar refractivity (Wildman–Crippen MR) is 56.2 cm³/mol. The van der Waals surface area contributed by atoms with Gasteiger partial charge in [0.1, 0.15) is 5.82 Å². The smallest absolute Gasteiger partial charge is 0.244 e. The summed E-state index contributed by atoms with van der Waals surface area (Å²) in [5.74, 6) is -0.706. The molecule has 80 valence electrons. The zero-order chi connectivity index (χ0) is 11.1. The predicted octanol–water partition coefficient (Wildman–Crippen LogP) is 1.91. The van der Waals surface area contributed by atoms with Crippen LogP contribution in [0, 0.1) is 5.82 Å². The minimum atomic E-state index is -0.752. The van der Waals surface area contributed by atoms with Gasteiger partial charge in [-0.05, 0) is 31.0 Å². The fourth-order valence-electron chi connectivity index (χ4n) is 1.20. The molecule has 1 aliphatic carbocycles. The van der Waals surface area contributed by atoms with Crippen molar-refractivity contribution in [1.29, 1.82) is 0 Å². The number of hydrogen-bond donors (Lipinski definition) is 2. The number of anilines is 1. The largest absolute Gasteiger partial charge is 0.323 e. The van der Waals surface area contributed by atoms with E-state index in [1.807, 2.05) is 0 Å². The van der Waals surface area contributed by atoms with E-state index in [-0.39, 0.29) is 10.9 Å². The number of nitrogens with two attached hydrogens (primary N) is 1. The highest BCUT2D eigenvalue weighted by Gasteiger charge is 2.46. The molecule has 0 atom stereocenters. The van der Waals surface area contributed by atoms with E-state index in [9.17, 15) is 9.18 Å². The summed E-state index contributed by atoms with van der Waals surface area (Å²) in [5, 5.41) is 2.75. The molecule has 0 radical (unpaired) electrons. The first-order valence-corrected chi connectivity index (χ1v) is 4.94. The number of nitrogens with one attached hydrogen (secondary N) is 1. The van der Waals surface area contributed by atoms with Crippen LogP contribution in [0.1, 0.15) is 12.8 Å². The third kappa shape index (κ3) is 2.11. The average Bonchev–Trinajstić information content (AvgIpc) is 2.90. The number of amides is 1. The zero-order valence-corrected chi connectivity index (χ0v) is 8.64. The van der Waals surface area contributed by atoms with Crippen molar-refractivity contribution in [2.75, 3.05) is 5.32 Å². The van der Waals surface area contributed by atoms with E-state index >= 15 is 0 Å². The zero-order valence-electron chi connectivity index (χ0n) is 7.89. The molecule has 1 aliphatic rings. The minimum Gasteiger partial charge on any atom is -0.323 e. The van der Waals surface area contributed by atoms with E-state index in [1.165, 1.54) is 12.1 Å². The van der Waals surface area contributed by atoms with E-state index in [1.54, 1.807) is 0 Å². The molecule has 1 amide bonds. The Balaban J connectivity index is 2.14. The monoisotopic (exact) mass is 228 g/mol. The van der Waals surface area contributed by atoms with Crippen molar-refractivity contribution in [2.24, 2.45) is 5.73 Å². The quantitative estimate of drug-likeness (QED) is 0.813. The summed E-state index contributed by atoms with van der Waals surface area (Å²) >= 11 is 5.75. The molecule has 0 aromatic heterocycles. The Morgan fingerprint density at radius 3 is 2.73 bits per heavy atom. The normalized spacial score (nSPS) is 17.3. The summed E-state index contributed by atoms with van der Waals surface area (Å²) in [6, 6.07) is 3.80. The second-order valence-corrected chi connectivity index (χ2v) is 4.14. The summed E-state index contributed by atoms with van der Waals surface area (Å²) in [4.78, 5) is 11.5. The Hall–Kier alpha value is -1.13. The molecule has 0 bridgehead atoms. The Labute approximate surface area is 91.4 Å². The highest BCUT2D eigenvalue weighted by molar-refractivity contribution is 6.33. The molecule has 1 fully saturated rings. The highest BCUT2D eigenvalue weighted by atomic mass is 35.5. The number of carbonyl (C=O) groups is 1. The molecule has 1 aromatic carbocycles. The minimum absolute atomic E-state index is 0.174. The first kappa shape index (κ1) is 10.4. The van der Waals surface area contributed by atoms with Crippen LogP contribution in [0.3, 0.4) is 0 Å². The molecule has 1 aromatic rings. The maximum Gasteiger partial charge on any atom is 0.244 e. The fourth-order valence-corrected chi connectivity index (χ4v) is 1.41. The van der Waals surface area contributed by atoms with Gasteiger partial charge in [0.05, 0.1) is 16.2 Å². The second kappa shape index (κ2) is 3.47. The molecule has 3 N–H and O–H groups in total. The van der Waals surface area contributed by atoms with Crippen molar-refractivity contribution in [3.63, 3.8) is 0 Å². The molecule has 15 heavy (non-hydrogen) atoms. The number of benzene rings is 1. The number of hydrogen-bond acceptors (Lipinski definition) is 2. The highest BCUT2D eigenvalue weighted by Crippen LogP contribution is 2.34. The molecule has 0 heterocycles. The van der Waals surface area contributed by atoms with Crippen LogP contribution in [0.2, 0.25) is 5.02 Å². The molecule has 0 aliphatic heterocycles. The van der Waals surface area contributed by atoms with Gasteiger partial charge in [0.15, 0.2) is 0 Å². The third-order valence-corrected chi connectivity index (χ3v) is 2.73. The van der Waals surface area contributed by atoms with Crippen molar-refractivity contribution >= 4 is 23.2 Å². The number of carbonyl (C=O) groups excluding carboxylic acids is 1. The van der Waals surface area contributed by atoms with Crippen molar-refractivity contribution in [1.82, 2.24) is 0 Å². The third-order valence-electron chi connectivity index (χ3n) is 2.42. The van der Waals surface area contributed by atoms with Crippen LogP contribution in [0.5, 0.6) is 0 Å². The topological polar surface area (TPSA) is 55.1 Å². The van der Waals surface area contributed by atoms with Gasteiger partial charge >= 0.3 is 0 Å². The van der Waals surface area contributed by atoms with Crippen molar-refractivity contribution < 1.29 is 9.18 Å². The number of halogens is 2. The molecule has 1 saturated carbocycles. The summed E-state index contributed by atoms with van der Waals surface area (Å²) < 4.78 is 12.7. The first-order chi connectivity index (χ1) is 7.01. The molecule has 0 saturated heterocycles. The second-order valence-electron chi connectivity index (χ2n) is 3.73. The van der Waals surface area contributed by atoms with Gasteiger partial charge in [0.25, 0.3) is 0 Å². The van der Waals surface area contributed by atoms with E-state index in [2.05, 4.69) is 5.32 Å². The van der Waals surface area contributed by atoms with E-state index < -0.39 is 11.4 Å². The molecular weight excluding hydrogens is 219 g/mol. The molecule has 3 nitrogen and oxygen atoms in total. The molecular formula is C10H10ClFN2O. The average molecular weight is 229 g/mol. The molecule has 0 unspecified atom stereocenters. The fraction of sp³-hybridized carbons (Fsp3) is 0.300. The SMILES string of the molecule is NC1(C(=O)Nc2ccc(F)cc2Cl)CC1. The van der Waals surface area contributed by atoms with E-state index in [4.69, 9.17) is 17.3 Å². The van der Waals surface area contributed by atoms with Crippen LogP contribution < -0.4 is 11.1 Å². The summed E-state index contributed by atoms with van der Waals surface area (Å²) in [7, 11) is 0. The standard InChI is InChI=1S/C10H10ClFN2O/c11-7-5-6(12)1-2-8(7)14-9(15)10(13)3-4-10/h1-2,5H,3-4,13H2,(H,14,15). The Morgan fingerprint density at radius 2 is 2.20 bits per heavy atom. The molecule has 0 spiro atoms. The van der Waals surface area contributed by atoms with Crippen LogP contribution in [0.25, 0.3) is 0 Å². The lowest BCUT2D eigenvalue weighted by molar-refractivity contribution is -0.118. The lowest BCUT2D eigenvalue weighted by Crippen LogP contribution is -2.37. The van der Waals surface area contributed by atoms with Gasteiger partial charge in [-0.25, -0.2) is 4.39 Å².